The van der Waals surface area contributed by atoms with E-state index in [0.29, 0.717) is 29.7 Å². The van der Waals surface area contributed by atoms with Gasteiger partial charge in [0.2, 0.25) is 0 Å². The van der Waals surface area contributed by atoms with Crippen molar-refractivity contribution < 1.29 is 0 Å². The highest BCUT2D eigenvalue weighted by Crippen LogP contribution is 2.31. The van der Waals surface area contributed by atoms with E-state index in [1.54, 1.807) is 6.20 Å². The molecule has 1 saturated heterocycles. The number of nitrogens with one attached hydrogen (secondary N) is 3. The third-order valence-corrected chi connectivity index (χ3v) is 6.25. The largest absolute Gasteiger partial charge is 0.382 e. The number of guanidine groups is 1. The number of nitrogen functional groups attached to an aromatic ring is 1. The fraction of sp³-hybridized carbons (Fsp3) is 0.304. The lowest BCUT2D eigenvalue weighted by Crippen LogP contribution is -2.55. The Hall–Kier alpha value is -3.88. The lowest BCUT2D eigenvalue weighted by Gasteiger charge is -2.40. The predicted molar refractivity (Wildman–Crippen MR) is 127 cm³/mol. The van der Waals surface area contributed by atoms with Crippen LogP contribution >= 0.6 is 0 Å². The molecule has 164 valence electrons. The van der Waals surface area contributed by atoms with Crippen molar-refractivity contribution in [3.63, 3.8) is 0 Å². The van der Waals surface area contributed by atoms with Crippen LogP contribution < -0.4 is 16.4 Å². The van der Waals surface area contributed by atoms with Crippen LogP contribution in [-0.2, 0) is 0 Å². The van der Waals surface area contributed by atoms with Crippen LogP contribution in [0.5, 0.6) is 0 Å². The normalized spacial score (nSPS) is 17.3. The number of aliphatic imine (C=N–C) groups is 1. The number of aromatic nitrogens is 4. The van der Waals surface area contributed by atoms with Crippen LogP contribution in [0.1, 0.15) is 29.9 Å². The summed E-state index contributed by atoms with van der Waals surface area (Å²) in [5, 5.41) is 15.5. The van der Waals surface area contributed by atoms with Gasteiger partial charge in [-0.1, -0.05) is 31.4 Å². The van der Waals surface area contributed by atoms with Gasteiger partial charge in [-0.25, -0.2) is 9.97 Å². The lowest BCUT2D eigenvalue weighted by atomic mass is 9.88. The molecule has 0 amide bonds. The summed E-state index contributed by atoms with van der Waals surface area (Å²) in [5.41, 5.74) is 10.7. The zero-order valence-corrected chi connectivity index (χ0v) is 18.1. The number of hydrogen-bond donors (Lipinski definition) is 4. The second kappa shape index (κ2) is 7.67. The number of anilines is 1. The number of benzene rings is 1. The molecule has 0 saturated carbocycles. The molecule has 5 N–H and O–H groups in total. The van der Waals surface area contributed by atoms with Gasteiger partial charge in [0.25, 0.3) is 0 Å². The Morgan fingerprint density at radius 3 is 2.78 bits per heavy atom. The molecule has 0 radical (unpaired) electrons. The first-order chi connectivity index (χ1) is 15.4. The summed E-state index contributed by atoms with van der Waals surface area (Å²) in [6.07, 6.45) is 3.53. The molecule has 9 heteroatoms. The van der Waals surface area contributed by atoms with Crippen molar-refractivity contribution in [2.75, 3.05) is 25.4 Å². The number of H-pyrrole nitrogens is 1. The van der Waals surface area contributed by atoms with Gasteiger partial charge in [0.15, 0.2) is 11.8 Å². The first-order valence-corrected chi connectivity index (χ1v) is 10.7. The maximum atomic E-state index is 5.96. The van der Waals surface area contributed by atoms with Crippen molar-refractivity contribution in [3.05, 3.63) is 60.7 Å². The Labute approximate surface area is 186 Å². The zero-order valence-electron chi connectivity index (χ0n) is 18.1. The van der Waals surface area contributed by atoms with E-state index in [2.05, 4.69) is 59.9 Å². The predicted octanol–water partition coefficient (Wildman–Crippen LogP) is 2.27. The molecule has 2 aliphatic rings. The van der Waals surface area contributed by atoms with Crippen molar-refractivity contribution in [1.82, 2.24) is 35.7 Å². The van der Waals surface area contributed by atoms with Crippen LogP contribution in [0.2, 0.25) is 0 Å². The number of hydrogen-bond acceptors (Lipinski definition) is 8. The van der Waals surface area contributed by atoms with Gasteiger partial charge < -0.3 is 21.3 Å². The zero-order chi connectivity index (χ0) is 22.3. The van der Waals surface area contributed by atoms with Gasteiger partial charge in [-0.2, -0.15) is 5.10 Å². The van der Waals surface area contributed by atoms with Crippen molar-refractivity contribution in [3.8, 4) is 0 Å². The number of rotatable bonds is 4. The fourth-order valence-corrected chi connectivity index (χ4v) is 4.36. The first-order valence-electron chi connectivity index (χ1n) is 10.7. The third-order valence-electron chi connectivity index (χ3n) is 6.25. The standard InChI is InChI=1S/C23H27N9/c1-14-12-25-21(24)19(27-14)15(2)28-22-26-13-23(29-22)8-10-32(11-9-23)16(3)20-17-6-4-5-7-18(17)30-31-20/h4-7,12H,2-3,8-11,13H2,1H3,(H2,24,25)(H,30,31)(H2,26,28,29). The topological polar surface area (TPSA) is 120 Å². The molecule has 32 heavy (non-hydrogen) atoms. The molecular weight excluding hydrogens is 402 g/mol. The first kappa shape index (κ1) is 20.0. The van der Waals surface area contributed by atoms with Crippen molar-refractivity contribution >= 4 is 34.1 Å². The molecule has 0 atom stereocenters. The quantitative estimate of drug-likeness (QED) is 0.502. The maximum Gasteiger partial charge on any atom is 0.196 e. The van der Waals surface area contributed by atoms with E-state index >= 15 is 0 Å². The summed E-state index contributed by atoms with van der Waals surface area (Å²) in [4.78, 5) is 15.6. The Bertz CT molecular complexity index is 1230. The molecule has 0 unspecified atom stereocenters. The number of nitrogens with two attached hydrogens (primary N) is 1. The second-order valence-corrected chi connectivity index (χ2v) is 8.47. The number of para-hydroxylation sites is 1. The Morgan fingerprint density at radius 2 is 1.97 bits per heavy atom. The summed E-state index contributed by atoms with van der Waals surface area (Å²) in [7, 11) is 0. The fourth-order valence-electron chi connectivity index (χ4n) is 4.36. The average molecular weight is 430 g/mol. The van der Waals surface area contributed by atoms with Crippen molar-refractivity contribution in [2.24, 2.45) is 4.99 Å². The number of aromatic amines is 1. The van der Waals surface area contributed by atoms with Gasteiger partial charge in [-0.15, -0.1) is 0 Å². The van der Waals surface area contributed by atoms with Gasteiger partial charge in [0.05, 0.1) is 40.9 Å². The minimum absolute atomic E-state index is 0.0726. The summed E-state index contributed by atoms with van der Waals surface area (Å²) in [6.45, 7) is 12.8. The maximum absolute atomic E-state index is 5.96. The monoisotopic (exact) mass is 429 g/mol. The third kappa shape index (κ3) is 3.55. The molecule has 0 aliphatic carbocycles. The van der Waals surface area contributed by atoms with E-state index in [4.69, 9.17) is 5.73 Å². The molecular formula is C23H27N9. The number of likely N-dealkylation sites (tertiary alicyclic amines) is 1. The van der Waals surface area contributed by atoms with E-state index in [1.165, 1.54) is 0 Å². The number of aryl methyl sites for hydroxylation is 1. The van der Waals surface area contributed by atoms with Gasteiger partial charge >= 0.3 is 0 Å². The highest BCUT2D eigenvalue weighted by molar-refractivity contribution is 5.91. The minimum atomic E-state index is -0.0726. The smallest absolute Gasteiger partial charge is 0.196 e. The highest BCUT2D eigenvalue weighted by atomic mass is 15.3. The molecule has 2 aliphatic heterocycles. The molecule has 9 nitrogen and oxygen atoms in total. The van der Waals surface area contributed by atoms with Crippen LogP contribution in [0.3, 0.4) is 0 Å². The second-order valence-electron chi connectivity index (χ2n) is 8.47. The number of piperidine rings is 1. The SMILES string of the molecule is C=C(NC1=NCC2(CCN(C(=C)c3n[nH]c4ccccc34)CC2)N1)c1nc(C)cnc1N. The summed E-state index contributed by atoms with van der Waals surface area (Å²) in [6, 6.07) is 8.14. The van der Waals surface area contributed by atoms with Crippen molar-refractivity contribution in [2.45, 2.75) is 25.3 Å². The van der Waals surface area contributed by atoms with Gasteiger partial charge in [0.1, 0.15) is 11.4 Å². The number of fused-ring (bicyclic) bond motifs is 1. The summed E-state index contributed by atoms with van der Waals surface area (Å²) >= 11 is 0. The van der Waals surface area contributed by atoms with Crippen LogP contribution in [0.25, 0.3) is 22.3 Å². The molecule has 1 aromatic carbocycles. The lowest BCUT2D eigenvalue weighted by molar-refractivity contribution is 0.215. The molecule has 0 bridgehead atoms. The van der Waals surface area contributed by atoms with E-state index in [1.807, 2.05) is 25.1 Å². The molecule has 5 rings (SSSR count). The Morgan fingerprint density at radius 1 is 1.19 bits per heavy atom. The average Bonchev–Trinajstić information content (AvgIpc) is 3.40. The van der Waals surface area contributed by atoms with Crippen molar-refractivity contribution in [1.29, 1.82) is 0 Å². The summed E-state index contributed by atoms with van der Waals surface area (Å²) in [5.74, 6) is 1.04. The van der Waals surface area contributed by atoms with Gasteiger partial charge in [-0.3, -0.25) is 10.1 Å². The summed E-state index contributed by atoms with van der Waals surface area (Å²) < 4.78 is 0. The van der Waals surface area contributed by atoms with E-state index in [9.17, 15) is 0 Å². The van der Waals surface area contributed by atoms with E-state index < -0.39 is 0 Å². The molecule has 4 heterocycles. The molecule has 1 spiro atoms. The minimum Gasteiger partial charge on any atom is -0.382 e. The van der Waals surface area contributed by atoms with E-state index in [0.717, 1.165) is 53.9 Å². The van der Waals surface area contributed by atoms with E-state index in [-0.39, 0.29) is 5.54 Å². The molecule has 3 aromatic rings. The Kier molecular flexibility index (Phi) is 4.80. The van der Waals surface area contributed by atoms with Gasteiger partial charge in [-0.05, 0) is 25.8 Å². The van der Waals surface area contributed by atoms with Crippen LogP contribution in [0.4, 0.5) is 5.82 Å². The van der Waals surface area contributed by atoms with Crippen LogP contribution in [0, 0.1) is 6.92 Å². The van der Waals surface area contributed by atoms with Crippen LogP contribution in [0.15, 0.2) is 48.6 Å². The molecule has 1 fully saturated rings. The van der Waals surface area contributed by atoms with Crippen LogP contribution in [-0.4, -0.2) is 56.2 Å². The Balaban J connectivity index is 1.21. The van der Waals surface area contributed by atoms with Gasteiger partial charge in [0, 0.05) is 18.5 Å². The highest BCUT2D eigenvalue weighted by Gasteiger charge is 2.39. The number of nitrogens with zero attached hydrogens (tertiary/aromatic N) is 5. The molecule has 2 aromatic heterocycles.